The summed E-state index contributed by atoms with van der Waals surface area (Å²) in [5.41, 5.74) is 1.10. The van der Waals surface area contributed by atoms with E-state index in [1.807, 2.05) is 6.07 Å². The van der Waals surface area contributed by atoms with Gasteiger partial charge < -0.3 is 4.74 Å². The molecule has 2 aromatic carbocycles. The van der Waals surface area contributed by atoms with Gasteiger partial charge in [0.25, 0.3) is 5.91 Å². The third-order valence-corrected chi connectivity index (χ3v) is 5.20. The molecule has 0 bridgehead atoms. The van der Waals surface area contributed by atoms with E-state index in [0.717, 1.165) is 17.7 Å². The predicted molar refractivity (Wildman–Crippen MR) is 106 cm³/mol. The molecule has 8 heteroatoms. The van der Waals surface area contributed by atoms with Crippen LogP contribution in [0.3, 0.4) is 0 Å². The molecule has 1 aliphatic rings. The Bertz CT molecular complexity index is 1330. The van der Waals surface area contributed by atoms with Gasteiger partial charge in [-0.15, -0.1) is 0 Å². The molecule has 0 N–H and O–H groups in total. The van der Waals surface area contributed by atoms with Crippen LogP contribution in [0.15, 0.2) is 60.8 Å². The zero-order chi connectivity index (χ0) is 21.0. The van der Waals surface area contributed by atoms with Crippen molar-refractivity contribution in [3.05, 3.63) is 82.5 Å². The number of fused-ring (bicyclic) bond motifs is 4. The number of ether oxygens (including phenoxy) is 1. The van der Waals surface area contributed by atoms with Crippen molar-refractivity contribution in [2.75, 3.05) is 0 Å². The van der Waals surface area contributed by atoms with Crippen LogP contribution in [-0.2, 0) is 12.8 Å². The fourth-order valence-corrected chi connectivity index (χ4v) is 3.81. The van der Waals surface area contributed by atoms with Crippen molar-refractivity contribution >= 4 is 28.4 Å². The van der Waals surface area contributed by atoms with Crippen LogP contribution in [0.25, 0.3) is 22.3 Å². The number of alkyl halides is 3. The Labute approximate surface area is 173 Å². The number of hydrogen-bond acceptors (Lipinski definition) is 3. The van der Waals surface area contributed by atoms with Crippen LogP contribution in [0.1, 0.15) is 21.5 Å². The second kappa shape index (κ2) is 6.60. The summed E-state index contributed by atoms with van der Waals surface area (Å²) in [5, 5.41) is 0.866. The number of aromatic nitrogens is 2. The molecule has 150 valence electrons. The fraction of sp³-hybridized carbons (Fsp3) is 0.0909. The summed E-state index contributed by atoms with van der Waals surface area (Å²) in [7, 11) is 0. The maximum absolute atomic E-state index is 13.2. The molecular weight excluding hydrogens is 417 g/mol. The molecule has 0 saturated carbocycles. The van der Waals surface area contributed by atoms with Crippen LogP contribution >= 0.6 is 11.6 Å². The van der Waals surface area contributed by atoms with Crippen molar-refractivity contribution in [1.82, 2.24) is 9.55 Å². The number of rotatable bonds is 3. The number of pyridine rings is 1. The summed E-state index contributed by atoms with van der Waals surface area (Å²) in [4.78, 5) is 17.3. The van der Waals surface area contributed by atoms with Gasteiger partial charge in [-0.1, -0.05) is 23.7 Å². The molecule has 30 heavy (non-hydrogen) atoms. The van der Waals surface area contributed by atoms with Crippen LogP contribution in [0.4, 0.5) is 13.2 Å². The third kappa shape index (κ3) is 2.93. The maximum atomic E-state index is 13.2. The minimum Gasteiger partial charge on any atom is -0.487 e. The van der Waals surface area contributed by atoms with E-state index in [-0.39, 0.29) is 29.3 Å². The molecule has 0 spiro atoms. The summed E-state index contributed by atoms with van der Waals surface area (Å²) >= 11 is 6.02. The van der Waals surface area contributed by atoms with E-state index < -0.39 is 11.7 Å². The molecule has 0 fully saturated rings. The van der Waals surface area contributed by atoms with E-state index in [1.165, 1.54) is 10.6 Å². The highest BCUT2D eigenvalue weighted by Crippen LogP contribution is 2.42. The normalized spacial score (nSPS) is 12.9. The van der Waals surface area contributed by atoms with Crippen LogP contribution < -0.4 is 4.74 Å². The molecule has 0 atom stereocenters. The second-order valence-electron chi connectivity index (χ2n) is 6.88. The first-order valence-electron chi connectivity index (χ1n) is 8.97. The van der Waals surface area contributed by atoms with Gasteiger partial charge in [0.1, 0.15) is 23.6 Å². The van der Waals surface area contributed by atoms with Crippen molar-refractivity contribution in [1.29, 1.82) is 0 Å². The highest BCUT2D eigenvalue weighted by atomic mass is 35.5. The molecule has 4 aromatic rings. The first kappa shape index (κ1) is 18.7. The van der Waals surface area contributed by atoms with E-state index >= 15 is 0 Å². The fourth-order valence-electron chi connectivity index (χ4n) is 3.60. The SMILES string of the molecule is O=C1c2c(nc3cc(C(F)(F)F)ccc3c2OCc2cccc(Cl)c2)-c2cccn21. The van der Waals surface area contributed by atoms with Crippen molar-refractivity contribution in [3.8, 4) is 17.1 Å². The van der Waals surface area contributed by atoms with Crippen LogP contribution in [0.2, 0.25) is 5.02 Å². The highest BCUT2D eigenvalue weighted by molar-refractivity contribution is 6.30. The molecule has 3 heterocycles. The summed E-state index contributed by atoms with van der Waals surface area (Å²) < 4.78 is 47.1. The Morgan fingerprint density at radius 3 is 2.67 bits per heavy atom. The Hall–Kier alpha value is -3.32. The lowest BCUT2D eigenvalue weighted by Crippen LogP contribution is -2.09. The number of carbonyl (C=O) groups excluding carboxylic acids is 1. The maximum Gasteiger partial charge on any atom is 0.416 e. The molecule has 0 aliphatic carbocycles. The van der Waals surface area contributed by atoms with Gasteiger partial charge in [-0.2, -0.15) is 13.2 Å². The number of hydrogen-bond donors (Lipinski definition) is 0. The molecule has 0 saturated heterocycles. The number of nitrogens with zero attached hydrogens (tertiary/aromatic N) is 2. The average Bonchev–Trinajstić information content (AvgIpc) is 3.28. The van der Waals surface area contributed by atoms with Gasteiger partial charge in [-0.25, -0.2) is 4.98 Å². The second-order valence-corrected chi connectivity index (χ2v) is 7.32. The molecule has 4 nitrogen and oxygen atoms in total. The Morgan fingerprint density at radius 1 is 1.07 bits per heavy atom. The lowest BCUT2D eigenvalue weighted by atomic mass is 10.0. The minimum absolute atomic E-state index is 0.0926. The number of halogens is 4. The van der Waals surface area contributed by atoms with Crippen molar-refractivity contribution in [3.63, 3.8) is 0 Å². The van der Waals surface area contributed by atoms with Crippen LogP contribution in [0, 0.1) is 0 Å². The van der Waals surface area contributed by atoms with E-state index in [9.17, 15) is 18.0 Å². The van der Waals surface area contributed by atoms with Crippen molar-refractivity contribution in [2.24, 2.45) is 0 Å². The highest BCUT2D eigenvalue weighted by Gasteiger charge is 2.35. The summed E-state index contributed by atoms with van der Waals surface area (Å²) in [6.07, 6.45) is -2.92. The van der Waals surface area contributed by atoms with Crippen molar-refractivity contribution in [2.45, 2.75) is 12.8 Å². The summed E-state index contributed by atoms with van der Waals surface area (Å²) in [6, 6.07) is 13.6. The lowest BCUT2D eigenvalue weighted by Gasteiger charge is -2.14. The van der Waals surface area contributed by atoms with Gasteiger partial charge in [0.05, 0.1) is 16.8 Å². The largest absolute Gasteiger partial charge is 0.487 e. The van der Waals surface area contributed by atoms with Crippen LogP contribution in [0.5, 0.6) is 5.75 Å². The molecule has 1 aliphatic heterocycles. The summed E-state index contributed by atoms with van der Waals surface area (Å²) in [5.74, 6) is -0.127. The minimum atomic E-state index is -4.51. The van der Waals surface area contributed by atoms with Gasteiger partial charge in [-0.3, -0.25) is 9.36 Å². The van der Waals surface area contributed by atoms with E-state index in [2.05, 4.69) is 4.98 Å². The van der Waals surface area contributed by atoms with Gasteiger partial charge in [-0.05, 0) is 48.0 Å². The van der Waals surface area contributed by atoms with Gasteiger partial charge in [0, 0.05) is 16.6 Å². The van der Waals surface area contributed by atoms with Gasteiger partial charge in [0.2, 0.25) is 0 Å². The zero-order valence-corrected chi connectivity index (χ0v) is 16.0. The summed E-state index contributed by atoms with van der Waals surface area (Å²) in [6.45, 7) is 0.0926. The van der Waals surface area contributed by atoms with E-state index in [4.69, 9.17) is 16.3 Å². The molecule has 2 aromatic heterocycles. The molecule has 0 unspecified atom stereocenters. The van der Waals surface area contributed by atoms with Gasteiger partial charge in [0.15, 0.2) is 0 Å². The number of benzene rings is 2. The van der Waals surface area contributed by atoms with E-state index in [1.54, 1.807) is 36.5 Å². The molecule has 0 amide bonds. The molecule has 0 radical (unpaired) electrons. The average molecular weight is 429 g/mol. The Kier molecular flexibility index (Phi) is 4.11. The quantitative estimate of drug-likeness (QED) is 0.356. The smallest absolute Gasteiger partial charge is 0.416 e. The topological polar surface area (TPSA) is 44.1 Å². The Morgan fingerprint density at radius 2 is 1.90 bits per heavy atom. The Balaban J connectivity index is 1.69. The molecular formula is C22H12ClF3N2O2. The lowest BCUT2D eigenvalue weighted by molar-refractivity contribution is -0.137. The third-order valence-electron chi connectivity index (χ3n) is 4.96. The first-order valence-corrected chi connectivity index (χ1v) is 9.35. The first-order chi connectivity index (χ1) is 14.3. The monoisotopic (exact) mass is 428 g/mol. The van der Waals surface area contributed by atoms with Gasteiger partial charge >= 0.3 is 6.18 Å². The van der Waals surface area contributed by atoms with Crippen molar-refractivity contribution < 1.29 is 22.7 Å². The van der Waals surface area contributed by atoms with E-state index in [0.29, 0.717) is 21.8 Å². The van der Waals surface area contributed by atoms with Crippen LogP contribution in [-0.4, -0.2) is 15.5 Å². The molecule has 5 rings (SSSR count). The standard InChI is InChI=1S/C22H12ClF3N2O2/c23-14-4-1-3-12(9-14)11-30-20-15-7-6-13(22(24,25)26)10-16(15)27-19-17-5-2-8-28(17)21(29)18(19)20/h1-10H,11H2. The zero-order valence-electron chi connectivity index (χ0n) is 15.2. The number of carbonyl (C=O) groups is 1. The predicted octanol–water partition coefficient (Wildman–Crippen LogP) is 5.96.